The van der Waals surface area contributed by atoms with Crippen LogP contribution in [-0.2, 0) is 9.59 Å². The highest BCUT2D eigenvalue weighted by Crippen LogP contribution is 2.28. The lowest BCUT2D eigenvalue weighted by molar-refractivity contribution is -0.192. The van der Waals surface area contributed by atoms with Crippen molar-refractivity contribution in [2.45, 2.75) is 25.1 Å². The molecule has 0 spiro atoms. The molecule has 160 valence electrons. The predicted octanol–water partition coefficient (Wildman–Crippen LogP) is 2.12. The van der Waals surface area contributed by atoms with Crippen LogP contribution in [0.15, 0.2) is 28.7 Å². The van der Waals surface area contributed by atoms with Crippen molar-refractivity contribution < 1.29 is 32.7 Å². The number of piperazine rings is 1. The van der Waals surface area contributed by atoms with Crippen molar-refractivity contribution in [2.75, 3.05) is 32.7 Å². The van der Waals surface area contributed by atoms with Crippen molar-refractivity contribution in [3.63, 3.8) is 0 Å². The summed E-state index contributed by atoms with van der Waals surface area (Å²) >= 11 is 3.39. The molecule has 0 aromatic heterocycles. The van der Waals surface area contributed by atoms with Gasteiger partial charge in [0, 0.05) is 42.3 Å². The van der Waals surface area contributed by atoms with Gasteiger partial charge in [-0.1, -0.05) is 22.0 Å². The zero-order valence-electron chi connectivity index (χ0n) is 15.4. The normalized spacial score (nSPS) is 16.5. The Morgan fingerprint density at radius 2 is 1.79 bits per heavy atom. The third kappa shape index (κ3) is 7.32. The van der Waals surface area contributed by atoms with Crippen molar-refractivity contribution in [1.29, 1.82) is 0 Å². The topological polar surface area (TPSA) is 90.0 Å². The summed E-state index contributed by atoms with van der Waals surface area (Å²) in [6.45, 7) is 3.30. The Morgan fingerprint density at radius 3 is 2.28 bits per heavy atom. The largest absolute Gasteiger partial charge is 0.490 e. The minimum atomic E-state index is -5.08. The molecule has 0 unspecified atom stereocenters. The van der Waals surface area contributed by atoms with Gasteiger partial charge in [0.1, 0.15) is 6.54 Å². The first-order valence-electron chi connectivity index (χ1n) is 8.94. The number of carboxylic acid groups (broad SMARTS) is 1. The lowest BCUT2D eigenvalue weighted by atomic mass is 10.2. The first-order valence-corrected chi connectivity index (χ1v) is 9.74. The quantitative estimate of drug-likeness (QED) is 0.690. The summed E-state index contributed by atoms with van der Waals surface area (Å²) in [7, 11) is 0. The minimum Gasteiger partial charge on any atom is -0.475 e. The van der Waals surface area contributed by atoms with Gasteiger partial charge in [-0.15, -0.1) is 0 Å². The van der Waals surface area contributed by atoms with Crippen LogP contribution in [0.5, 0.6) is 0 Å². The van der Waals surface area contributed by atoms with Crippen LogP contribution in [0.3, 0.4) is 0 Å². The summed E-state index contributed by atoms with van der Waals surface area (Å²) in [6.07, 6.45) is -3.09. The molecule has 29 heavy (non-hydrogen) atoms. The van der Waals surface area contributed by atoms with Crippen LogP contribution in [0.25, 0.3) is 0 Å². The number of carbonyl (C=O) groups excluding carboxylic acids is 2. The van der Waals surface area contributed by atoms with E-state index in [0.717, 1.165) is 43.5 Å². The summed E-state index contributed by atoms with van der Waals surface area (Å²) in [6, 6.07) is 7.58. The number of halogens is 4. The first-order chi connectivity index (χ1) is 13.6. The molecule has 1 saturated heterocycles. The lowest BCUT2D eigenvalue weighted by Gasteiger charge is -2.30. The second kappa shape index (κ2) is 10.1. The van der Waals surface area contributed by atoms with Crippen molar-refractivity contribution in [1.82, 2.24) is 15.1 Å². The molecule has 1 aliphatic carbocycles. The van der Waals surface area contributed by atoms with E-state index in [0.29, 0.717) is 5.56 Å². The van der Waals surface area contributed by atoms with Crippen molar-refractivity contribution in [3.05, 3.63) is 34.3 Å². The number of benzene rings is 1. The van der Waals surface area contributed by atoms with Crippen LogP contribution < -0.4 is 5.32 Å². The van der Waals surface area contributed by atoms with Crippen LogP contribution in [-0.4, -0.2) is 77.6 Å². The summed E-state index contributed by atoms with van der Waals surface area (Å²) < 4.78 is 32.6. The predicted molar refractivity (Wildman–Crippen MR) is 101 cm³/mol. The second-order valence-corrected chi connectivity index (χ2v) is 7.52. The Kier molecular flexibility index (Phi) is 8.03. The van der Waals surface area contributed by atoms with E-state index in [4.69, 9.17) is 9.90 Å². The molecule has 2 fully saturated rings. The van der Waals surface area contributed by atoms with Gasteiger partial charge in [0.25, 0.3) is 5.91 Å². The maximum absolute atomic E-state index is 12.7. The average molecular weight is 480 g/mol. The van der Waals surface area contributed by atoms with Crippen LogP contribution in [0.1, 0.15) is 23.2 Å². The van der Waals surface area contributed by atoms with Gasteiger partial charge in [0.05, 0.1) is 0 Å². The monoisotopic (exact) mass is 479 g/mol. The van der Waals surface area contributed by atoms with E-state index in [9.17, 15) is 22.8 Å². The maximum Gasteiger partial charge on any atom is 0.490 e. The number of hydrogen-bond donors (Lipinski definition) is 2. The number of rotatable bonds is 4. The number of carboxylic acids is 1. The van der Waals surface area contributed by atoms with Gasteiger partial charge in [0.2, 0.25) is 5.91 Å². The molecule has 2 N–H and O–H groups in total. The Labute approximate surface area is 174 Å². The van der Waals surface area contributed by atoms with Gasteiger partial charge in [-0.05, 0) is 31.0 Å². The summed E-state index contributed by atoms with van der Waals surface area (Å²) in [5.41, 5.74) is 0.634. The first kappa shape index (κ1) is 23.1. The van der Waals surface area contributed by atoms with Gasteiger partial charge < -0.3 is 20.2 Å². The molecule has 1 aliphatic heterocycles. The molecule has 0 bridgehead atoms. The third-order valence-corrected chi connectivity index (χ3v) is 4.83. The van der Waals surface area contributed by atoms with Crippen LogP contribution in [0, 0.1) is 0 Å². The number of alkyl halides is 3. The fraction of sp³-hybridized carbons (Fsp3) is 0.500. The molecule has 1 heterocycles. The average Bonchev–Trinajstić information content (AvgIpc) is 3.51. The summed E-state index contributed by atoms with van der Waals surface area (Å²) in [4.78, 5) is 37.6. The minimum absolute atomic E-state index is 0.0488. The molecule has 7 nitrogen and oxygen atoms in total. The Hall–Kier alpha value is -2.14. The second-order valence-electron chi connectivity index (χ2n) is 6.61. The molecule has 3 rings (SSSR count). The molecule has 1 saturated carbocycles. The highest BCUT2D eigenvalue weighted by molar-refractivity contribution is 9.10. The lowest BCUT2D eigenvalue weighted by Crippen LogP contribution is -2.50. The van der Waals surface area contributed by atoms with Crippen LogP contribution in [0.4, 0.5) is 13.2 Å². The Morgan fingerprint density at radius 1 is 1.21 bits per heavy atom. The molecule has 2 aliphatic rings. The number of nitrogens with zero attached hydrogens (tertiary/aromatic N) is 2. The maximum atomic E-state index is 12.7. The zero-order chi connectivity index (χ0) is 21.6. The molecule has 2 amide bonds. The van der Waals surface area contributed by atoms with Crippen LogP contribution >= 0.6 is 15.9 Å². The Bertz CT molecular complexity index is 750. The van der Waals surface area contributed by atoms with E-state index in [1.807, 2.05) is 23.1 Å². The van der Waals surface area contributed by atoms with E-state index >= 15 is 0 Å². The van der Waals surface area contributed by atoms with Gasteiger partial charge in [-0.25, -0.2) is 4.79 Å². The van der Waals surface area contributed by atoms with Crippen molar-refractivity contribution in [2.24, 2.45) is 0 Å². The van der Waals surface area contributed by atoms with E-state index in [-0.39, 0.29) is 24.4 Å². The molecule has 1 aromatic carbocycles. The van der Waals surface area contributed by atoms with Crippen molar-refractivity contribution in [3.8, 4) is 0 Å². The van der Waals surface area contributed by atoms with E-state index in [1.165, 1.54) is 0 Å². The third-order valence-electron chi connectivity index (χ3n) is 4.34. The summed E-state index contributed by atoms with van der Waals surface area (Å²) in [5.74, 6) is -2.75. The van der Waals surface area contributed by atoms with Crippen molar-refractivity contribution >= 4 is 33.7 Å². The number of carbonyl (C=O) groups is 3. The molecule has 0 radical (unpaired) electrons. The molecular weight excluding hydrogens is 459 g/mol. The Balaban J connectivity index is 0.000000370. The van der Waals surface area contributed by atoms with Gasteiger partial charge in [0.15, 0.2) is 0 Å². The highest BCUT2D eigenvalue weighted by Gasteiger charge is 2.38. The number of aliphatic carboxylic acids is 1. The van der Waals surface area contributed by atoms with Gasteiger partial charge in [-0.2, -0.15) is 13.2 Å². The SMILES string of the molecule is O=C(CN(C(=O)c1cccc(Br)c1)C1CC1)N1CCNCC1.O=C(O)C(F)(F)F. The van der Waals surface area contributed by atoms with E-state index in [1.54, 1.807) is 11.0 Å². The van der Waals surface area contributed by atoms with E-state index < -0.39 is 12.1 Å². The van der Waals surface area contributed by atoms with Gasteiger partial charge in [-0.3, -0.25) is 9.59 Å². The molecule has 1 aromatic rings. The zero-order valence-corrected chi connectivity index (χ0v) is 17.0. The standard InChI is InChI=1S/C16H20BrN3O2.C2HF3O2/c17-13-3-1-2-12(10-13)16(22)20(14-4-5-14)11-15(21)19-8-6-18-7-9-19;3-2(4,5)1(6)7/h1-3,10,14,18H,4-9,11H2;(H,6,7). The summed E-state index contributed by atoms with van der Waals surface area (Å²) in [5, 5.41) is 10.4. The van der Waals surface area contributed by atoms with Crippen LogP contribution in [0.2, 0.25) is 0 Å². The fourth-order valence-electron chi connectivity index (χ4n) is 2.70. The smallest absolute Gasteiger partial charge is 0.475 e. The highest BCUT2D eigenvalue weighted by atomic mass is 79.9. The van der Waals surface area contributed by atoms with E-state index in [2.05, 4.69) is 21.2 Å². The van der Waals surface area contributed by atoms with Gasteiger partial charge >= 0.3 is 12.1 Å². The molecule has 11 heteroatoms. The number of hydrogen-bond acceptors (Lipinski definition) is 4. The molecule has 0 atom stereocenters. The number of amides is 2. The fourth-order valence-corrected chi connectivity index (χ4v) is 3.10. The molecular formula is C18H21BrF3N3O4. The number of nitrogens with one attached hydrogen (secondary N) is 1.